The smallest absolute Gasteiger partial charge is 0.404 e. The molecule has 0 fully saturated rings. The molecule has 0 spiro atoms. The van der Waals surface area contributed by atoms with E-state index in [2.05, 4.69) is 0 Å². The van der Waals surface area contributed by atoms with Crippen LogP contribution in [0.2, 0.25) is 0 Å². The van der Waals surface area contributed by atoms with E-state index in [9.17, 15) is 0 Å². The second-order valence-electron chi connectivity index (χ2n) is 2.08. The van der Waals surface area contributed by atoms with Crippen LogP contribution in [0, 0.1) is 0 Å². The first-order chi connectivity index (χ1) is 4.93. The van der Waals surface area contributed by atoms with Gasteiger partial charge in [-0.05, 0) is 12.1 Å². The average Bonchev–Trinajstić information content (AvgIpc) is 2.40. The largest absolute Gasteiger partial charge is 0.530 e. The molecule has 4 heteroatoms. The fraction of sp³-hybridized carbons (Fsp3) is 0. The van der Waals surface area contributed by atoms with Crippen LogP contribution in [-0.2, 0) is 0 Å². The van der Waals surface area contributed by atoms with Gasteiger partial charge in [-0.15, -0.1) is 0 Å². The first-order valence-electron chi connectivity index (χ1n) is 2.90. The maximum atomic E-state index is 5.22. The summed E-state index contributed by atoms with van der Waals surface area (Å²) in [6.45, 7) is 0. The van der Waals surface area contributed by atoms with E-state index in [0.29, 0.717) is 0 Å². The molecule has 50 valence electrons. The van der Waals surface area contributed by atoms with Gasteiger partial charge in [0, 0.05) is 0 Å². The van der Waals surface area contributed by atoms with Crippen molar-refractivity contribution in [1.82, 2.24) is 0 Å². The molecule has 2 bridgehead atoms. The van der Waals surface area contributed by atoms with Crippen molar-refractivity contribution < 1.29 is 13.6 Å². The average molecular weight is 154 g/mol. The van der Waals surface area contributed by atoms with Gasteiger partial charge in [-0.25, -0.2) is 0 Å². The van der Waals surface area contributed by atoms with Gasteiger partial charge in [0.1, 0.15) is 0 Å². The van der Waals surface area contributed by atoms with Crippen molar-refractivity contribution in [3.8, 4) is 17.2 Å². The summed E-state index contributed by atoms with van der Waals surface area (Å²) in [7, 11) is -1.10. The molecule has 10 heavy (non-hydrogen) atoms. The van der Waals surface area contributed by atoms with Gasteiger partial charge < -0.3 is 13.6 Å². The zero-order chi connectivity index (χ0) is 6.55. The van der Waals surface area contributed by atoms with Crippen LogP contribution in [0.4, 0.5) is 0 Å². The van der Waals surface area contributed by atoms with E-state index in [-0.39, 0.29) is 0 Å². The van der Waals surface area contributed by atoms with Crippen molar-refractivity contribution in [2.45, 2.75) is 0 Å². The Kier molecular flexibility index (Phi) is 0.661. The molecule has 3 rings (SSSR count). The zero-order valence-corrected chi connectivity index (χ0v) is 5.80. The van der Waals surface area contributed by atoms with Crippen molar-refractivity contribution in [2.75, 3.05) is 0 Å². The first-order valence-corrected chi connectivity index (χ1v) is 4.00. The summed E-state index contributed by atoms with van der Waals surface area (Å²) in [4.78, 5) is 0. The predicted octanol–water partition coefficient (Wildman–Crippen LogP) is 2.08. The van der Waals surface area contributed by atoms with Crippen LogP contribution in [-0.4, -0.2) is 0 Å². The SMILES string of the molecule is c1cc2c3c(c1)OP(O2)O3. The Morgan fingerprint density at radius 3 is 2.20 bits per heavy atom. The third-order valence-electron chi connectivity index (χ3n) is 1.45. The number of fused-ring (bicyclic) bond motifs is 1. The molecule has 1 aromatic carbocycles. The highest BCUT2D eigenvalue weighted by Crippen LogP contribution is 2.63. The summed E-state index contributed by atoms with van der Waals surface area (Å²) < 4.78 is 15.6. The van der Waals surface area contributed by atoms with E-state index in [0.717, 1.165) is 17.2 Å². The third-order valence-corrected chi connectivity index (χ3v) is 2.48. The van der Waals surface area contributed by atoms with Gasteiger partial charge in [0.25, 0.3) is 0 Å². The minimum Gasteiger partial charge on any atom is -0.404 e. The third kappa shape index (κ3) is 0.411. The number of hydrogen-bond acceptors (Lipinski definition) is 3. The van der Waals surface area contributed by atoms with Gasteiger partial charge in [0.15, 0.2) is 11.5 Å². The van der Waals surface area contributed by atoms with Crippen LogP contribution >= 0.6 is 8.60 Å². The van der Waals surface area contributed by atoms with E-state index in [1.165, 1.54) is 0 Å². The molecule has 2 heterocycles. The Bertz CT molecular complexity index is 272. The highest BCUT2D eigenvalue weighted by molar-refractivity contribution is 7.44. The van der Waals surface area contributed by atoms with Crippen molar-refractivity contribution >= 4 is 8.60 Å². The monoisotopic (exact) mass is 154 g/mol. The van der Waals surface area contributed by atoms with Crippen molar-refractivity contribution in [3.63, 3.8) is 0 Å². The molecule has 3 nitrogen and oxygen atoms in total. The van der Waals surface area contributed by atoms with E-state index in [4.69, 9.17) is 13.6 Å². The van der Waals surface area contributed by atoms with Gasteiger partial charge in [-0.1, -0.05) is 6.07 Å². The Balaban J connectivity index is 2.39. The molecule has 0 radical (unpaired) electrons. The van der Waals surface area contributed by atoms with Crippen LogP contribution in [0.25, 0.3) is 0 Å². The second-order valence-corrected chi connectivity index (χ2v) is 3.08. The molecule has 0 atom stereocenters. The zero-order valence-electron chi connectivity index (χ0n) is 4.90. The van der Waals surface area contributed by atoms with Crippen LogP contribution < -0.4 is 13.6 Å². The standard InChI is InChI=1S/C6H3O3P/c1-2-4-6-5(3-1)8-10(7-4)9-6/h1-3H. The van der Waals surface area contributed by atoms with E-state index in [1.807, 2.05) is 18.2 Å². The van der Waals surface area contributed by atoms with Gasteiger partial charge in [0.2, 0.25) is 5.75 Å². The van der Waals surface area contributed by atoms with Crippen LogP contribution in [0.1, 0.15) is 0 Å². The molecular formula is C6H3O3P. The Morgan fingerprint density at radius 2 is 1.70 bits per heavy atom. The lowest BCUT2D eigenvalue weighted by Crippen LogP contribution is -1.90. The molecule has 0 amide bonds. The van der Waals surface area contributed by atoms with Gasteiger partial charge in [0.05, 0.1) is 0 Å². The molecule has 1 aromatic rings. The fourth-order valence-electron chi connectivity index (χ4n) is 1.02. The Hall–Kier alpha value is -0.950. The van der Waals surface area contributed by atoms with E-state index < -0.39 is 8.60 Å². The minimum absolute atomic E-state index is 0.772. The van der Waals surface area contributed by atoms with Crippen molar-refractivity contribution in [3.05, 3.63) is 18.2 Å². The van der Waals surface area contributed by atoms with Gasteiger partial charge >= 0.3 is 8.60 Å². The second kappa shape index (κ2) is 1.38. The molecule has 2 aliphatic heterocycles. The molecule has 0 N–H and O–H groups in total. The number of rotatable bonds is 0. The van der Waals surface area contributed by atoms with Crippen molar-refractivity contribution in [1.29, 1.82) is 0 Å². The lowest BCUT2D eigenvalue weighted by Gasteiger charge is -2.06. The Morgan fingerprint density at radius 1 is 1.00 bits per heavy atom. The lowest BCUT2D eigenvalue weighted by molar-refractivity contribution is 0.466. The van der Waals surface area contributed by atoms with Gasteiger partial charge in [-0.2, -0.15) is 0 Å². The number of hydrogen-bond donors (Lipinski definition) is 0. The number of para-hydroxylation sites is 1. The van der Waals surface area contributed by atoms with Gasteiger partial charge in [-0.3, -0.25) is 0 Å². The van der Waals surface area contributed by atoms with Crippen molar-refractivity contribution in [2.24, 2.45) is 0 Å². The highest BCUT2D eigenvalue weighted by Gasteiger charge is 2.39. The summed E-state index contributed by atoms with van der Waals surface area (Å²) >= 11 is 0. The fourth-order valence-corrected chi connectivity index (χ4v) is 2.07. The maximum Gasteiger partial charge on any atom is 0.530 e. The van der Waals surface area contributed by atoms with Crippen LogP contribution in [0.15, 0.2) is 18.2 Å². The van der Waals surface area contributed by atoms with Crippen LogP contribution in [0.3, 0.4) is 0 Å². The first kappa shape index (κ1) is 4.80. The summed E-state index contributed by atoms with van der Waals surface area (Å²) in [6, 6.07) is 5.64. The summed E-state index contributed by atoms with van der Waals surface area (Å²) in [5, 5.41) is 0. The summed E-state index contributed by atoms with van der Waals surface area (Å²) in [5.74, 6) is 2.40. The molecule has 0 saturated carbocycles. The maximum absolute atomic E-state index is 5.22. The minimum atomic E-state index is -1.10. The molecule has 0 unspecified atom stereocenters. The summed E-state index contributed by atoms with van der Waals surface area (Å²) in [5.41, 5.74) is 0. The number of benzene rings is 1. The van der Waals surface area contributed by atoms with E-state index >= 15 is 0 Å². The molecule has 0 saturated heterocycles. The molecular weight excluding hydrogens is 151 g/mol. The molecule has 2 aliphatic rings. The normalized spacial score (nSPS) is 18.0. The summed E-state index contributed by atoms with van der Waals surface area (Å²) in [6.07, 6.45) is 0. The topological polar surface area (TPSA) is 27.7 Å². The van der Waals surface area contributed by atoms with E-state index in [1.54, 1.807) is 0 Å². The quantitative estimate of drug-likeness (QED) is 0.535. The van der Waals surface area contributed by atoms with Crippen LogP contribution in [0.5, 0.6) is 17.2 Å². The molecule has 0 aromatic heterocycles. The lowest BCUT2D eigenvalue weighted by atomic mass is 10.3. The highest BCUT2D eigenvalue weighted by atomic mass is 31.2. The Labute approximate surface area is 58.5 Å². The molecule has 0 aliphatic carbocycles. The predicted molar refractivity (Wildman–Crippen MR) is 35.2 cm³/mol.